The van der Waals surface area contributed by atoms with E-state index in [1.807, 2.05) is 24.3 Å². The zero-order valence-electron chi connectivity index (χ0n) is 17.4. The molecule has 0 amide bonds. The maximum absolute atomic E-state index is 12.7. The molecule has 2 aromatic carbocycles. The maximum atomic E-state index is 12.7. The predicted octanol–water partition coefficient (Wildman–Crippen LogP) is 4.09. The van der Waals surface area contributed by atoms with Gasteiger partial charge in [-0.3, -0.25) is 14.2 Å². The summed E-state index contributed by atoms with van der Waals surface area (Å²) < 4.78 is 6.50. The second kappa shape index (κ2) is 10.0. The highest BCUT2D eigenvalue weighted by molar-refractivity contribution is 6.02. The molecule has 0 saturated heterocycles. The third-order valence-corrected chi connectivity index (χ3v) is 4.65. The molecule has 0 aliphatic carbocycles. The number of para-hydroxylation sites is 1. The quantitative estimate of drug-likeness (QED) is 0.257. The molecule has 0 saturated carbocycles. The summed E-state index contributed by atoms with van der Waals surface area (Å²) in [4.78, 5) is 25.0. The molecular formula is C26H21NO5. The number of methoxy groups -OCH3 is 1. The van der Waals surface area contributed by atoms with Crippen molar-refractivity contribution < 1.29 is 19.7 Å². The fourth-order valence-electron chi connectivity index (χ4n) is 3.11. The van der Waals surface area contributed by atoms with E-state index >= 15 is 0 Å². The number of ketones is 1. The van der Waals surface area contributed by atoms with Crippen LogP contribution in [0.1, 0.15) is 11.1 Å². The normalized spacial score (nSPS) is 11.8. The lowest BCUT2D eigenvalue weighted by Gasteiger charge is -2.08. The van der Waals surface area contributed by atoms with Gasteiger partial charge in [0.1, 0.15) is 5.76 Å². The van der Waals surface area contributed by atoms with Gasteiger partial charge in [0.05, 0.1) is 19.2 Å². The van der Waals surface area contributed by atoms with Gasteiger partial charge in [-0.1, -0.05) is 36.3 Å². The van der Waals surface area contributed by atoms with E-state index in [4.69, 9.17) is 11.2 Å². The summed E-state index contributed by atoms with van der Waals surface area (Å²) in [6, 6.07) is 13.7. The van der Waals surface area contributed by atoms with Crippen LogP contribution in [0.4, 0.5) is 0 Å². The number of hydrogen-bond donors (Lipinski definition) is 2. The molecule has 1 aromatic heterocycles. The van der Waals surface area contributed by atoms with E-state index in [2.05, 4.69) is 5.92 Å². The Balaban J connectivity index is 1.81. The number of allylic oxidation sites excluding steroid dienone is 3. The van der Waals surface area contributed by atoms with Crippen LogP contribution in [0.3, 0.4) is 0 Å². The fraction of sp³-hybridized carbons (Fsp3) is 0.0769. The summed E-state index contributed by atoms with van der Waals surface area (Å²) in [5.74, 6) is 2.00. The van der Waals surface area contributed by atoms with Gasteiger partial charge in [-0.2, -0.15) is 0 Å². The van der Waals surface area contributed by atoms with Crippen LogP contribution in [0, 0.1) is 12.3 Å². The van der Waals surface area contributed by atoms with E-state index < -0.39 is 5.78 Å². The summed E-state index contributed by atoms with van der Waals surface area (Å²) in [6.45, 7) is 0.114. The number of aliphatic hydroxyl groups is 1. The van der Waals surface area contributed by atoms with Crippen LogP contribution in [0.2, 0.25) is 0 Å². The number of carbonyl (C=O) groups is 1. The smallest absolute Gasteiger partial charge is 0.259 e. The molecule has 0 aliphatic heterocycles. The predicted molar refractivity (Wildman–Crippen MR) is 125 cm³/mol. The molecule has 6 nitrogen and oxygen atoms in total. The largest absolute Gasteiger partial charge is 0.508 e. The van der Waals surface area contributed by atoms with E-state index in [0.717, 1.165) is 11.5 Å². The Labute approximate surface area is 185 Å². The van der Waals surface area contributed by atoms with Crippen LogP contribution in [-0.4, -0.2) is 27.7 Å². The van der Waals surface area contributed by atoms with Crippen molar-refractivity contribution >= 4 is 28.8 Å². The van der Waals surface area contributed by atoms with Crippen molar-refractivity contribution in [3.8, 4) is 23.8 Å². The van der Waals surface area contributed by atoms with Crippen LogP contribution in [0.25, 0.3) is 23.1 Å². The Morgan fingerprint density at radius 1 is 1.16 bits per heavy atom. The van der Waals surface area contributed by atoms with Crippen molar-refractivity contribution in [2.75, 3.05) is 7.11 Å². The minimum absolute atomic E-state index is 0.000253. The molecule has 2 N–H and O–H groups in total. The number of nitrogens with zero attached hydrogens (tertiary/aromatic N) is 1. The van der Waals surface area contributed by atoms with Gasteiger partial charge in [0.25, 0.3) is 5.56 Å². The SMILES string of the molecule is C#CCn1c(=O)c(/C=C/C(=O)/C=C(O)/C=C/c2ccc(O)c(OC)c2)cc2ccccc21. The number of hydrogen-bond acceptors (Lipinski definition) is 5. The number of phenols is 1. The minimum atomic E-state index is -0.494. The van der Waals surface area contributed by atoms with Crippen molar-refractivity contribution in [3.05, 3.63) is 94.0 Å². The van der Waals surface area contributed by atoms with E-state index in [1.54, 1.807) is 24.3 Å². The molecule has 0 unspecified atom stereocenters. The fourth-order valence-corrected chi connectivity index (χ4v) is 3.11. The number of pyridine rings is 1. The van der Waals surface area contributed by atoms with Crippen LogP contribution >= 0.6 is 0 Å². The summed E-state index contributed by atoms with van der Waals surface area (Å²) in [5.41, 5.74) is 1.38. The second-order valence-electron chi connectivity index (χ2n) is 6.82. The number of carbonyl (C=O) groups excluding carboxylic acids is 1. The average molecular weight is 427 g/mol. The molecule has 160 valence electrons. The number of aromatic hydroxyl groups is 1. The Morgan fingerprint density at radius 3 is 2.69 bits per heavy atom. The molecule has 0 aliphatic rings. The van der Waals surface area contributed by atoms with Gasteiger partial charge in [-0.05, 0) is 53.4 Å². The molecule has 0 spiro atoms. The van der Waals surface area contributed by atoms with Crippen molar-refractivity contribution in [2.24, 2.45) is 0 Å². The number of fused-ring (bicyclic) bond motifs is 1. The van der Waals surface area contributed by atoms with E-state index in [1.165, 1.54) is 36.0 Å². The first kappa shape index (κ1) is 22.2. The summed E-state index contributed by atoms with van der Waals surface area (Å²) in [7, 11) is 1.43. The molecule has 3 rings (SSSR count). The molecule has 1 heterocycles. The number of aliphatic hydroxyl groups excluding tert-OH is 1. The van der Waals surface area contributed by atoms with Crippen molar-refractivity contribution in [1.29, 1.82) is 0 Å². The molecule has 0 fully saturated rings. The van der Waals surface area contributed by atoms with E-state index in [0.29, 0.717) is 22.4 Å². The van der Waals surface area contributed by atoms with Gasteiger partial charge < -0.3 is 14.9 Å². The number of terminal acetylenes is 1. The highest BCUT2D eigenvalue weighted by atomic mass is 16.5. The van der Waals surface area contributed by atoms with Crippen LogP contribution < -0.4 is 10.3 Å². The Morgan fingerprint density at radius 2 is 1.94 bits per heavy atom. The molecule has 3 aromatic rings. The topological polar surface area (TPSA) is 88.8 Å². The third-order valence-electron chi connectivity index (χ3n) is 4.65. The zero-order valence-corrected chi connectivity index (χ0v) is 17.4. The molecule has 0 bridgehead atoms. The number of aromatic nitrogens is 1. The third kappa shape index (κ3) is 5.15. The van der Waals surface area contributed by atoms with Crippen LogP contribution in [-0.2, 0) is 11.3 Å². The van der Waals surface area contributed by atoms with Crippen molar-refractivity contribution in [2.45, 2.75) is 6.54 Å². The number of benzene rings is 2. The first-order chi connectivity index (χ1) is 15.4. The summed E-state index contributed by atoms with van der Waals surface area (Å²) in [5, 5.41) is 20.5. The minimum Gasteiger partial charge on any atom is -0.508 e. The first-order valence-electron chi connectivity index (χ1n) is 9.66. The number of rotatable bonds is 7. The summed E-state index contributed by atoms with van der Waals surface area (Å²) >= 11 is 0. The van der Waals surface area contributed by atoms with Crippen LogP contribution in [0.5, 0.6) is 11.5 Å². The molecule has 0 radical (unpaired) electrons. The van der Waals surface area contributed by atoms with Gasteiger partial charge >= 0.3 is 0 Å². The second-order valence-corrected chi connectivity index (χ2v) is 6.82. The standard InChI is InChI=1S/C26H21NO5/c1-3-14-27-23-7-5-4-6-19(23)16-20(26(27)31)10-12-22(29)17-21(28)11-8-18-9-13-24(30)25(15-18)32-2/h1,4-13,15-17,28,30H,14H2,2H3/b11-8+,12-10+,21-17-. The molecule has 6 heteroatoms. The van der Waals surface area contributed by atoms with Gasteiger partial charge in [0, 0.05) is 11.6 Å². The first-order valence-corrected chi connectivity index (χ1v) is 9.66. The van der Waals surface area contributed by atoms with Crippen LogP contribution in [0.15, 0.2) is 77.3 Å². The van der Waals surface area contributed by atoms with E-state index in [-0.39, 0.29) is 23.6 Å². The highest BCUT2D eigenvalue weighted by Crippen LogP contribution is 2.26. The number of phenolic OH excluding ortho intramolecular Hbond substituents is 1. The molecule has 32 heavy (non-hydrogen) atoms. The van der Waals surface area contributed by atoms with Gasteiger partial charge in [0.15, 0.2) is 17.3 Å². The van der Waals surface area contributed by atoms with Gasteiger partial charge in [-0.15, -0.1) is 6.42 Å². The van der Waals surface area contributed by atoms with Crippen molar-refractivity contribution in [1.82, 2.24) is 4.57 Å². The maximum Gasteiger partial charge on any atom is 0.259 e. The lowest BCUT2D eigenvalue weighted by Crippen LogP contribution is -2.22. The Hall–Kier alpha value is -4.50. The van der Waals surface area contributed by atoms with Gasteiger partial charge in [-0.25, -0.2) is 0 Å². The molecular weight excluding hydrogens is 406 g/mol. The average Bonchev–Trinajstić information content (AvgIpc) is 2.79. The van der Waals surface area contributed by atoms with Gasteiger partial charge in [0.2, 0.25) is 0 Å². The lowest BCUT2D eigenvalue weighted by molar-refractivity contribution is -0.110. The summed E-state index contributed by atoms with van der Waals surface area (Å²) in [6.07, 6.45) is 11.9. The lowest BCUT2D eigenvalue weighted by atomic mass is 10.1. The monoisotopic (exact) mass is 427 g/mol. The Kier molecular flexibility index (Phi) is 6.94. The van der Waals surface area contributed by atoms with E-state index in [9.17, 15) is 19.8 Å². The Bertz CT molecular complexity index is 1350. The number of ether oxygens (including phenoxy) is 1. The zero-order chi connectivity index (χ0) is 23.1. The highest BCUT2D eigenvalue weighted by Gasteiger charge is 2.07. The van der Waals surface area contributed by atoms with Crippen molar-refractivity contribution in [3.63, 3.8) is 0 Å². The molecule has 0 atom stereocenters.